The molecule has 1 atom stereocenters. The largest absolute Gasteiger partial charge is 0.466 e. The van der Waals surface area contributed by atoms with E-state index in [1.54, 1.807) is 13.0 Å². The third-order valence-electron chi connectivity index (χ3n) is 4.60. The van der Waals surface area contributed by atoms with Gasteiger partial charge in [-0.05, 0) is 58.4 Å². The monoisotopic (exact) mass is 416 g/mol. The number of hydrogen-bond donors (Lipinski definition) is 0. The molecule has 0 spiro atoms. The highest BCUT2D eigenvalue weighted by atomic mass is 79.9. The van der Waals surface area contributed by atoms with Gasteiger partial charge in [0.15, 0.2) is 0 Å². The average Bonchev–Trinajstić information content (AvgIpc) is 2.63. The molecule has 1 fully saturated rings. The Bertz CT molecular complexity index is 584. The van der Waals surface area contributed by atoms with E-state index in [0.29, 0.717) is 11.6 Å². The van der Waals surface area contributed by atoms with Crippen LogP contribution in [0.1, 0.15) is 52.4 Å². The molecule has 1 saturated heterocycles. The highest BCUT2D eigenvalue weighted by molar-refractivity contribution is 9.10. The number of hydrogen-bond acceptors (Lipinski definition) is 4. The smallest absolute Gasteiger partial charge is 0.466 e. The Morgan fingerprint density at radius 1 is 1.25 bits per heavy atom. The van der Waals surface area contributed by atoms with Crippen molar-refractivity contribution in [3.63, 3.8) is 0 Å². The van der Waals surface area contributed by atoms with Crippen molar-refractivity contribution in [1.29, 1.82) is 0 Å². The zero-order valence-electron chi connectivity index (χ0n) is 14.7. The topological polar surface area (TPSA) is 44.8 Å². The predicted molar refractivity (Wildman–Crippen MR) is 99.2 cm³/mol. The molecule has 132 valence electrons. The predicted octanol–water partition coefficient (Wildman–Crippen LogP) is 4.77. The van der Waals surface area contributed by atoms with Crippen LogP contribution in [0.4, 0.5) is 0 Å². The second-order valence-electron chi connectivity index (χ2n) is 6.94. The van der Waals surface area contributed by atoms with Crippen LogP contribution < -0.4 is 0 Å². The number of ether oxygens (including phenoxy) is 1. The summed E-state index contributed by atoms with van der Waals surface area (Å²) in [4.78, 5) is 12.1. The lowest BCUT2D eigenvalue weighted by Crippen LogP contribution is -2.41. The van der Waals surface area contributed by atoms with E-state index in [-0.39, 0.29) is 18.2 Å². The highest BCUT2D eigenvalue weighted by Crippen LogP contribution is 2.42. The fourth-order valence-electron chi connectivity index (χ4n) is 2.61. The minimum Gasteiger partial charge on any atom is -0.466 e. The fourth-order valence-corrected chi connectivity index (χ4v) is 3.50. The lowest BCUT2D eigenvalue weighted by atomic mass is 9.66. The zero-order chi connectivity index (χ0) is 18.1. The van der Waals surface area contributed by atoms with Crippen molar-refractivity contribution in [3.05, 3.63) is 33.3 Å². The van der Waals surface area contributed by atoms with Gasteiger partial charge in [-0.1, -0.05) is 27.5 Å². The molecule has 0 aliphatic carbocycles. The minimum absolute atomic E-state index is 0.164. The molecule has 24 heavy (non-hydrogen) atoms. The quantitative estimate of drug-likeness (QED) is 0.511. The molecular formula is C17H23BBrClO4. The lowest BCUT2D eigenvalue weighted by molar-refractivity contribution is -0.143. The maximum atomic E-state index is 12.1. The average molecular weight is 418 g/mol. The summed E-state index contributed by atoms with van der Waals surface area (Å²) in [6.07, 6.45) is 0.164. The molecule has 0 aromatic heterocycles. The summed E-state index contributed by atoms with van der Waals surface area (Å²) >= 11 is 9.63. The van der Waals surface area contributed by atoms with Gasteiger partial charge in [0.25, 0.3) is 0 Å². The standard InChI is InChI=1S/C17H23BBrClO4/c1-6-22-15(21)10-14(11-7-12(19)9-13(20)8-11)18-23-16(2,3)17(4,5)24-18/h7-9,14H,6,10H2,1-5H3. The first-order chi connectivity index (χ1) is 11.1. The van der Waals surface area contributed by atoms with Gasteiger partial charge < -0.3 is 14.0 Å². The number of rotatable bonds is 5. The summed E-state index contributed by atoms with van der Waals surface area (Å²) in [7, 11) is -0.551. The van der Waals surface area contributed by atoms with E-state index < -0.39 is 18.3 Å². The van der Waals surface area contributed by atoms with Crippen LogP contribution in [0.2, 0.25) is 5.02 Å². The molecule has 1 aromatic carbocycles. The first-order valence-electron chi connectivity index (χ1n) is 8.03. The minimum atomic E-state index is -0.551. The van der Waals surface area contributed by atoms with Crippen molar-refractivity contribution in [1.82, 2.24) is 0 Å². The number of halogens is 2. The van der Waals surface area contributed by atoms with Gasteiger partial charge in [0, 0.05) is 15.3 Å². The Morgan fingerprint density at radius 3 is 2.33 bits per heavy atom. The molecular weight excluding hydrogens is 394 g/mol. The molecule has 1 aromatic rings. The van der Waals surface area contributed by atoms with Gasteiger partial charge in [0.05, 0.1) is 24.2 Å². The van der Waals surface area contributed by atoms with E-state index in [1.807, 2.05) is 39.8 Å². The zero-order valence-corrected chi connectivity index (χ0v) is 17.0. The van der Waals surface area contributed by atoms with Gasteiger partial charge in [-0.2, -0.15) is 0 Å². The van der Waals surface area contributed by atoms with Crippen LogP contribution >= 0.6 is 27.5 Å². The van der Waals surface area contributed by atoms with Gasteiger partial charge in [0.2, 0.25) is 0 Å². The SMILES string of the molecule is CCOC(=O)CC(B1OC(C)(C)C(C)(C)O1)c1cc(Cl)cc(Br)c1. The Hall–Kier alpha value is -0.555. The number of carbonyl (C=O) groups is 1. The van der Waals surface area contributed by atoms with Crippen LogP contribution in [0.25, 0.3) is 0 Å². The molecule has 0 N–H and O–H groups in total. The van der Waals surface area contributed by atoms with Crippen molar-refractivity contribution >= 4 is 40.6 Å². The van der Waals surface area contributed by atoms with Crippen LogP contribution in [-0.2, 0) is 18.8 Å². The van der Waals surface area contributed by atoms with Gasteiger partial charge >= 0.3 is 13.1 Å². The normalized spacial score (nSPS) is 20.0. The molecule has 1 unspecified atom stereocenters. The van der Waals surface area contributed by atoms with Crippen LogP contribution in [0.5, 0.6) is 0 Å². The molecule has 0 saturated carbocycles. The van der Waals surface area contributed by atoms with Gasteiger partial charge in [-0.25, -0.2) is 0 Å². The molecule has 2 rings (SSSR count). The summed E-state index contributed by atoms with van der Waals surface area (Å²) in [6.45, 7) is 10.1. The second-order valence-corrected chi connectivity index (χ2v) is 8.30. The van der Waals surface area contributed by atoms with Gasteiger partial charge in [0.1, 0.15) is 0 Å². The van der Waals surface area contributed by atoms with Crippen molar-refractivity contribution in [3.8, 4) is 0 Å². The van der Waals surface area contributed by atoms with E-state index in [1.165, 1.54) is 0 Å². The molecule has 4 nitrogen and oxygen atoms in total. The third-order valence-corrected chi connectivity index (χ3v) is 5.28. The molecule has 1 aliphatic heterocycles. The lowest BCUT2D eigenvalue weighted by Gasteiger charge is -2.32. The molecule has 1 aliphatic rings. The summed E-state index contributed by atoms with van der Waals surface area (Å²) in [5.74, 6) is -0.589. The number of benzene rings is 1. The van der Waals surface area contributed by atoms with E-state index >= 15 is 0 Å². The van der Waals surface area contributed by atoms with Gasteiger partial charge in [-0.15, -0.1) is 0 Å². The molecule has 1 heterocycles. The summed E-state index contributed by atoms with van der Waals surface area (Å²) in [6, 6.07) is 5.57. The fraction of sp³-hybridized carbons (Fsp3) is 0.588. The van der Waals surface area contributed by atoms with Crippen molar-refractivity contribution < 1.29 is 18.8 Å². The van der Waals surface area contributed by atoms with E-state index in [0.717, 1.165) is 10.0 Å². The Kier molecular flexibility index (Phi) is 6.06. The van der Waals surface area contributed by atoms with E-state index in [4.69, 9.17) is 25.6 Å². The van der Waals surface area contributed by atoms with Crippen LogP contribution in [0, 0.1) is 0 Å². The van der Waals surface area contributed by atoms with Crippen molar-refractivity contribution in [2.75, 3.05) is 6.61 Å². The van der Waals surface area contributed by atoms with Crippen LogP contribution in [0.3, 0.4) is 0 Å². The van der Waals surface area contributed by atoms with E-state index in [9.17, 15) is 4.79 Å². The Labute approximate surface area is 157 Å². The Morgan fingerprint density at radius 2 is 1.83 bits per heavy atom. The molecule has 0 radical (unpaired) electrons. The highest BCUT2D eigenvalue weighted by Gasteiger charge is 2.54. The maximum Gasteiger partial charge on any atom is 0.466 e. The van der Waals surface area contributed by atoms with Crippen LogP contribution in [-0.4, -0.2) is 30.9 Å². The summed E-state index contributed by atoms with van der Waals surface area (Å²) in [5, 5.41) is 0.588. The molecule has 0 bridgehead atoms. The van der Waals surface area contributed by atoms with Crippen LogP contribution in [0.15, 0.2) is 22.7 Å². The number of carbonyl (C=O) groups excluding carboxylic acids is 1. The first-order valence-corrected chi connectivity index (χ1v) is 9.20. The van der Waals surface area contributed by atoms with Crippen molar-refractivity contribution in [2.24, 2.45) is 0 Å². The second kappa shape index (κ2) is 7.36. The summed E-state index contributed by atoms with van der Waals surface area (Å²) in [5.41, 5.74) is -0.0678. The third kappa shape index (κ3) is 4.34. The van der Waals surface area contributed by atoms with Gasteiger partial charge in [-0.3, -0.25) is 4.79 Å². The maximum absolute atomic E-state index is 12.1. The Balaban J connectivity index is 2.35. The van der Waals surface area contributed by atoms with Crippen molar-refractivity contribution in [2.45, 2.75) is 58.1 Å². The summed E-state index contributed by atoms with van der Waals surface area (Å²) < 4.78 is 18.3. The van der Waals surface area contributed by atoms with E-state index in [2.05, 4.69) is 15.9 Å². The number of esters is 1. The molecule has 0 amide bonds. The first kappa shape index (κ1) is 19.8. The molecule has 7 heteroatoms.